The van der Waals surface area contributed by atoms with Crippen LogP contribution < -0.4 is 0 Å². The van der Waals surface area contributed by atoms with Gasteiger partial charge in [0.1, 0.15) is 0 Å². The third kappa shape index (κ3) is 10.8. The van der Waals surface area contributed by atoms with Crippen LogP contribution >= 0.6 is 0 Å². The van der Waals surface area contributed by atoms with Crippen molar-refractivity contribution in [3.05, 3.63) is 0 Å². The molecule has 0 amide bonds. The predicted octanol–water partition coefficient (Wildman–Crippen LogP) is -4.84. The summed E-state index contributed by atoms with van der Waals surface area (Å²) in [4.78, 5) is 0. The molecule has 0 aliphatic rings. The lowest BCUT2D eigenvalue weighted by Crippen LogP contribution is -2.32. The zero-order chi connectivity index (χ0) is 9.07. The topological polar surface area (TPSA) is 0 Å². The van der Waals surface area contributed by atoms with Crippen molar-refractivity contribution < 1.29 is 0 Å². The van der Waals surface area contributed by atoms with Crippen molar-refractivity contribution in [2.75, 3.05) is 0 Å². The Morgan fingerprint density at radius 2 is 1.08 bits per heavy atom. The van der Waals surface area contributed by atoms with Gasteiger partial charge in [0.2, 0.25) is 0 Å². The Hall–Kier alpha value is 0.779. The molecule has 0 rings (SSSR count). The number of hydrogen-bond donors (Lipinski definition) is 0. The highest BCUT2D eigenvalue weighted by Crippen LogP contribution is 1.57. The van der Waals surface area contributed by atoms with E-state index in [1.54, 1.807) is 14.1 Å². The van der Waals surface area contributed by atoms with E-state index >= 15 is 0 Å². The van der Waals surface area contributed by atoms with E-state index in [9.17, 15) is 0 Å². The third-order valence-corrected chi connectivity index (χ3v) is 1.02. The SMILES string of the molecule is [B][B][B][B][B][B][B][B][B][B][B][BH]. The first-order chi connectivity index (χ1) is 5.91. The first kappa shape index (κ1) is 12.8. The van der Waals surface area contributed by atoms with Crippen LogP contribution in [0.2, 0.25) is 0 Å². The van der Waals surface area contributed by atoms with Crippen molar-refractivity contribution in [3.8, 4) is 0 Å². The molecule has 12 heteroatoms. The van der Waals surface area contributed by atoms with Gasteiger partial charge in [-0.05, 0) is 0 Å². The van der Waals surface area contributed by atoms with Crippen LogP contribution in [0.5, 0.6) is 0 Å². The minimum atomic E-state index is 1.49. The highest BCUT2D eigenvalue weighted by molar-refractivity contribution is 7.70. The summed E-state index contributed by atoms with van der Waals surface area (Å²) in [5, 5.41) is 0. The zero-order valence-electron chi connectivity index (χ0n) is 7.06. The molecule has 0 N–H and O–H groups in total. The minimum Gasteiger partial charge on any atom is 0 e. The van der Waals surface area contributed by atoms with Crippen LogP contribution in [0.4, 0.5) is 0 Å². The Balaban J connectivity index is 2.73. The Labute approximate surface area is 86.4 Å². The lowest BCUT2D eigenvalue weighted by Gasteiger charge is -1.94. The van der Waals surface area contributed by atoms with E-state index in [-0.39, 0.29) is 0 Å². The Bertz CT molecular complexity index is 56.4. The maximum Gasteiger partial charge on any atom is 0.0322 e. The van der Waals surface area contributed by atoms with Gasteiger partial charge >= 0.3 is 0 Å². The molecule has 0 atom stereocenters. The fourth-order valence-electron chi connectivity index (χ4n) is 0.528. The Morgan fingerprint density at radius 1 is 0.667 bits per heavy atom. The van der Waals surface area contributed by atoms with E-state index in [1.165, 1.54) is 7.06 Å². The normalized spacial score (nSPS) is 7.00. The van der Waals surface area contributed by atoms with Crippen LogP contribution in [-0.2, 0) is 0 Å². The summed E-state index contributed by atoms with van der Waals surface area (Å²) in [6, 6.07) is 0. The predicted molar refractivity (Wildman–Crippen MR) is 70.4 cm³/mol. The molecule has 12 heavy (non-hydrogen) atoms. The molecule has 0 fully saturated rings. The van der Waals surface area contributed by atoms with Crippen LogP contribution in [0, 0.1) is 0 Å². The Morgan fingerprint density at radius 3 is 1.50 bits per heavy atom. The first-order valence-electron chi connectivity index (χ1n) is 3.74. The average Bonchev–Trinajstić information content (AvgIpc) is 2.10. The molecule has 0 aromatic carbocycles. The van der Waals surface area contributed by atoms with Crippen LogP contribution in [0.15, 0.2) is 0 Å². The third-order valence-electron chi connectivity index (χ3n) is 1.02. The molecule has 13 radical (unpaired) electrons. The van der Waals surface area contributed by atoms with Crippen molar-refractivity contribution in [2.45, 2.75) is 0 Å². The second-order valence-corrected chi connectivity index (χ2v) is 1.97. The standard InChI is InChI=1S/B12H/c1-3-5-7-9-11-12-10-8-6-4-2/h1H. The van der Waals surface area contributed by atoms with E-state index in [0.29, 0.717) is 0 Å². The molecule has 0 saturated heterocycles. The summed E-state index contributed by atoms with van der Waals surface area (Å²) in [6.45, 7) is 0. The van der Waals surface area contributed by atoms with Gasteiger partial charge in [0.15, 0.2) is 0 Å². The molecule has 0 aromatic rings. The largest absolute Gasteiger partial charge is 0.0322 e. The minimum absolute atomic E-state index is 1.49. The van der Waals surface area contributed by atoms with Gasteiger partial charge in [0.25, 0.3) is 0 Å². The van der Waals surface area contributed by atoms with Crippen LogP contribution in [0.3, 0.4) is 0 Å². The van der Waals surface area contributed by atoms with Crippen LogP contribution in [0.25, 0.3) is 0 Å². The number of hydrogen-bond acceptors (Lipinski definition) is 0. The smallest absolute Gasteiger partial charge is 0 e. The Kier molecular flexibility index (Phi) is 12.5. The molecule has 0 aliphatic carbocycles. The summed E-state index contributed by atoms with van der Waals surface area (Å²) in [7, 11) is 27.0. The zero-order valence-corrected chi connectivity index (χ0v) is 7.06. The lowest BCUT2D eigenvalue weighted by molar-refractivity contribution is 3.81. The van der Waals surface area contributed by atoms with E-state index in [4.69, 9.17) is 7.74 Å². The highest BCUT2D eigenvalue weighted by atomic mass is 12.8. The molecule has 0 unspecified atom stereocenters. The molecule has 0 aromatic heterocycles. The molecule has 0 nitrogen and oxygen atoms in total. The van der Waals surface area contributed by atoms with Gasteiger partial charge in [0.05, 0.1) is 0 Å². The average molecular weight is 131 g/mol. The summed E-state index contributed by atoms with van der Waals surface area (Å²) in [5.41, 5.74) is 0. The first-order valence-corrected chi connectivity index (χ1v) is 3.74. The maximum absolute atomic E-state index is 5.12. The van der Waals surface area contributed by atoms with E-state index in [2.05, 4.69) is 7.74 Å². The molecule has 0 heterocycles. The van der Waals surface area contributed by atoms with Crippen molar-refractivity contribution in [3.63, 3.8) is 0 Å². The summed E-state index contributed by atoms with van der Waals surface area (Å²) in [5.74, 6) is 0. The molecule has 0 saturated carbocycles. The van der Waals surface area contributed by atoms with Crippen molar-refractivity contribution in [2.24, 2.45) is 0 Å². The number of rotatable bonds is 9. The van der Waals surface area contributed by atoms with Crippen LogP contribution in [0.1, 0.15) is 0 Å². The molecule has 37 valence electrons. The summed E-state index contributed by atoms with van der Waals surface area (Å²) < 4.78 is 0. The van der Waals surface area contributed by atoms with Gasteiger partial charge in [-0.15, -0.1) is 0 Å². The summed E-state index contributed by atoms with van der Waals surface area (Å²) >= 11 is 0. The van der Waals surface area contributed by atoms with Gasteiger partial charge in [-0.2, -0.15) is 0 Å². The van der Waals surface area contributed by atoms with Crippen molar-refractivity contribution in [1.29, 1.82) is 0 Å². The van der Waals surface area contributed by atoms with E-state index < -0.39 is 0 Å². The molecule has 0 aliphatic heterocycles. The van der Waals surface area contributed by atoms with Crippen molar-refractivity contribution in [1.82, 2.24) is 0 Å². The molecular weight excluding hydrogens is 130 g/mol. The van der Waals surface area contributed by atoms with E-state index in [0.717, 1.165) is 0 Å². The van der Waals surface area contributed by atoms with Gasteiger partial charge in [-0.1, -0.05) is 0 Å². The van der Waals surface area contributed by atoms with Gasteiger partial charge in [-0.25, -0.2) is 0 Å². The van der Waals surface area contributed by atoms with Crippen molar-refractivity contribution >= 4 is 86.1 Å². The molecule has 0 bridgehead atoms. The lowest BCUT2D eigenvalue weighted by atomic mass is 8.87. The van der Waals surface area contributed by atoms with Gasteiger partial charge in [0, 0.05) is 86.1 Å². The fraction of sp³-hybridized carbons (Fsp3) is 0. The molecular formula is HB12. The second kappa shape index (κ2) is 11.8. The van der Waals surface area contributed by atoms with Gasteiger partial charge < -0.3 is 0 Å². The maximum atomic E-state index is 5.12. The van der Waals surface area contributed by atoms with E-state index in [1.807, 2.05) is 49.4 Å². The summed E-state index contributed by atoms with van der Waals surface area (Å²) in [6.07, 6.45) is 0. The fourth-order valence-corrected chi connectivity index (χ4v) is 0.528. The van der Waals surface area contributed by atoms with Gasteiger partial charge in [-0.3, -0.25) is 0 Å². The monoisotopic (exact) mass is 133 g/mol. The second-order valence-electron chi connectivity index (χ2n) is 1.97. The molecule has 0 spiro atoms. The highest BCUT2D eigenvalue weighted by Gasteiger charge is 1.95. The van der Waals surface area contributed by atoms with Crippen LogP contribution in [-0.4, -0.2) is 86.1 Å². The quantitative estimate of drug-likeness (QED) is 0.217.